The maximum absolute atomic E-state index is 5.33. The first-order valence-corrected chi connectivity index (χ1v) is 7.88. The fraction of sp³-hybridized carbons (Fsp3) is 0.333. The fourth-order valence-corrected chi connectivity index (χ4v) is 2.82. The van der Waals surface area contributed by atoms with Crippen LogP contribution in [0.5, 0.6) is 0 Å². The molecular weight excluding hydrogens is 272 g/mol. The summed E-state index contributed by atoms with van der Waals surface area (Å²) in [5.41, 5.74) is 3.34. The van der Waals surface area contributed by atoms with Gasteiger partial charge in [-0.2, -0.15) is 0 Å². The standard InChI is InChI=1S/C15H18N2S2/c1-4-13-10(3)15(18)17-14(16-13)11-6-8-12(9-7-11)19-5-2/h6-9H,4-5H2,1-3H3,(H,16,17,18). The summed E-state index contributed by atoms with van der Waals surface area (Å²) in [4.78, 5) is 9.15. The zero-order valence-electron chi connectivity index (χ0n) is 11.5. The Morgan fingerprint density at radius 2 is 1.89 bits per heavy atom. The van der Waals surface area contributed by atoms with Crippen LogP contribution in [-0.4, -0.2) is 15.7 Å². The van der Waals surface area contributed by atoms with Gasteiger partial charge in [0.15, 0.2) is 0 Å². The molecule has 19 heavy (non-hydrogen) atoms. The van der Waals surface area contributed by atoms with E-state index >= 15 is 0 Å². The van der Waals surface area contributed by atoms with E-state index < -0.39 is 0 Å². The average Bonchev–Trinajstić information content (AvgIpc) is 2.43. The van der Waals surface area contributed by atoms with Gasteiger partial charge in [-0.15, -0.1) is 11.8 Å². The number of nitrogens with one attached hydrogen (secondary N) is 1. The SMILES string of the molecule is CCSc1ccc(-c2nc(=S)c(C)c(CC)[nH]2)cc1. The number of H-pyrrole nitrogens is 1. The lowest BCUT2D eigenvalue weighted by Crippen LogP contribution is -1.99. The molecule has 100 valence electrons. The van der Waals surface area contributed by atoms with Crippen LogP contribution in [-0.2, 0) is 6.42 Å². The molecule has 0 aliphatic rings. The Kier molecular flexibility index (Phi) is 4.77. The minimum atomic E-state index is 0.692. The number of thioether (sulfide) groups is 1. The largest absolute Gasteiger partial charge is 0.343 e. The Bertz CT molecular complexity index is 615. The van der Waals surface area contributed by atoms with Gasteiger partial charge in [0.1, 0.15) is 10.5 Å². The van der Waals surface area contributed by atoms with Gasteiger partial charge in [-0.3, -0.25) is 0 Å². The first kappa shape index (κ1) is 14.3. The highest BCUT2D eigenvalue weighted by molar-refractivity contribution is 7.99. The Balaban J connectivity index is 2.41. The van der Waals surface area contributed by atoms with Gasteiger partial charge < -0.3 is 4.98 Å². The number of aromatic amines is 1. The first-order valence-electron chi connectivity index (χ1n) is 6.48. The third kappa shape index (κ3) is 3.25. The van der Waals surface area contributed by atoms with E-state index in [0.29, 0.717) is 4.64 Å². The van der Waals surface area contributed by atoms with Crippen molar-refractivity contribution in [3.8, 4) is 11.4 Å². The number of aromatic nitrogens is 2. The Labute approximate surface area is 123 Å². The van der Waals surface area contributed by atoms with E-state index in [0.717, 1.165) is 29.1 Å². The average molecular weight is 290 g/mol. The summed E-state index contributed by atoms with van der Waals surface area (Å²) in [5.74, 6) is 1.95. The molecule has 1 aromatic heterocycles. The zero-order valence-corrected chi connectivity index (χ0v) is 13.1. The highest BCUT2D eigenvalue weighted by Gasteiger charge is 2.05. The molecule has 0 unspecified atom stereocenters. The second-order valence-corrected chi connectivity index (χ2v) is 6.03. The molecule has 0 aliphatic heterocycles. The van der Waals surface area contributed by atoms with Gasteiger partial charge in [0.05, 0.1) is 0 Å². The van der Waals surface area contributed by atoms with Crippen molar-refractivity contribution < 1.29 is 0 Å². The number of aryl methyl sites for hydroxylation is 1. The first-order chi connectivity index (χ1) is 9.15. The van der Waals surface area contributed by atoms with Crippen LogP contribution in [0.2, 0.25) is 0 Å². The van der Waals surface area contributed by atoms with Gasteiger partial charge in [-0.25, -0.2) is 4.98 Å². The summed E-state index contributed by atoms with van der Waals surface area (Å²) in [7, 11) is 0. The van der Waals surface area contributed by atoms with Crippen LogP contribution < -0.4 is 0 Å². The maximum Gasteiger partial charge on any atom is 0.139 e. The van der Waals surface area contributed by atoms with E-state index in [9.17, 15) is 0 Å². The van der Waals surface area contributed by atoms with Crippen molar-refractivity contribution in [1.82, 2.24) is 9.97 Å². The molecule has 0 atom stereocenters. The number of hydrogen-bond acceptors (Lipinski definition) is 3. The molecule has 0 saturated heterocycles. The number of hydrogen-bond donors (Lipinski definition) is 1. The monoisotopic (exact) mass is 290 g/mol. The van der Waals surface area contributed by atoms with E-state index in [4.69, 9.17) is 12.2 Å². The summed E-state index contributed by atoms with van der Waals surface area (Å²) in [6, 6.07) is 8.46. The number of rotatable bonds is 4. The molecule has 1 heterocycles. The van der Waals surface area contributed by atoms with E-state index in [1.165, 1.54) is 10.6 Å². The van der Waals surface area contributed by atoms with Crippen LogP contribution in [0, 0.1) is 11.6 Å². The molecule has 1 aromatic carbocycles. The van der Waals surface area contributed by atoms with Crippen molar-refractivity contribution in [2.75, 3.05) is 5.75 Å². The van der Waals surface area contributed by atoms with Gasteiger partial charge in [-0.05, 0) is 31.2 Å². The summed E-state index contributed by atoms with van der Waals surface area (Å²) in [6.45, 7) is 6.30. The lowest BCUT2D eigenvalue weighted by Gasteiger charge is -2.08. The number of nitrogens with zero attached hydrogens (tertiary/aromatic N) is 1. The molecule has 4 heteroatoms. The van der Waals surface area contributed by atoms with Gasteiger partial charge in [0, 0.05) is 21.7 Å². The van der Waals surface area contributed by atoms with E-state index in [1.807, 2.05) is 18.7 Å². The third-order valence-electron chi connectivity index (χ3n) is 3.05. The molecule has 0 spiro atoms. The van der Waals surface area contributed by atoms with E-state index in [-0.39, 0.29) is 0 Å². The molecule has 2 rings (SSSR count). The molecule has 0 aliphatic carbocycles. The Hall–Kier alpha value is -1.13. The highest BCUT2D eigenvalue weighted by Crippen LogP contribution is 2.22. The van der Waals surface area contributed by atoms with Crippen molar-refractivity contribution in [2.24, 2.45) is 0 Å². The summed E-state index contributed by atoms with van der Waals surface area (Å²) in [5, 5.41) is 0. The normalized spacial score (nSPS) is 10.7. The minimum absolute atomic E-state index is 0.692. The molecule has 2 aromatic rings. The van der Waals surface area contributed by atoms with Crippen LogP contribution in [0.25, 0.3) is 11.4 Å². The van der Waals surface area contributed by atoms with Crippen molar-refractivity contribution >= 4 is 24.0 Å². The summed E-state index contributed by atoms with van der Waals surface area (Å²) in [6.07, 6.45) is 0.939. The van der Waals surface area contributed by atoms with Crippen LogP contribution in [0.4, 0.5) is 0 Å². The van der Waals surface area contributed by atoms with Crippen molar-refractivity contribution in [3.63, 3.8) is 0 Å². The predicted molar refractivity (Wildman–Crippen MR) is 85.4 cm³/mol. The Morgan fingerprint density at radius 3 is 2.47 bits per heavy atom. The molecular formula is C15H18N2S2. The molecule has 1 N–H and O–H groups in total. The van der Waals surface area contributed by atoms with Gasteiger partial charge >= 0.3 is 0 Å². The lowest BCUT2D eigenvalue weighted by molar-refractivity contribution is 0.969. The molecule has 0 radical (unpaired) electrons. The van der Waals surface area contributed by atoms with E-state index in [2.05, 4.69) is 48.1 Å². The summed E-state index contributed by atoms with van der Waals surface area (Å²) >= 11 is 7.17. The van der Waals surface area contributed by atoms with Crippen LogP contribution >= 0.6 is 24.0 Å². The smallest absolute Gasteiger partial charge is 0.139 e. The van der Waals surface area contributed by atoms with Crippen molar-refractivity contribution in [3.05, 3.63) is 40.2 Å². The second-order valence-electron chi connectivity index (χ2n) is 4.31. The topological polar surface area (TPSA) is 28.7 Å². The second kappa shape index (κ2) is 6.35. The predicted octanol–water partition coefficient (Wildman–Crippen LogP) is 4.79. The van der Waals surface area contributed by atoms with Crippen LogP contribution in [0.3, 0.4) is 0 Å². The van der Waals surface area contributed by atoms with Gasteiger partial charge in [0.2, 0.25) is 0 Å². The van der Waals surface area contributed by atoms with Crippen molar-refractivity contribution in [1.29, 1.82) is 0 Å². The maximum atomic E-state index is 5.33. The van der Waals surface area contributed by atoms with Gasteiger partial charge in [0.25, 0.3) is 0 Å². The molecule has 0 fully saturated rings. The zero-order chi connectivity index (χ0) is 13.8. The quantitative estimate of drug-likeness (QED) is 0.648. The van der Waals surface area contributed by atoms with Crippen LogP contribution in [0.1, 0.15) is 25.1 Å². The third-order valence-corrected chi connectivity index (χ3v) is 4.34. The van der Waals surface area contributed by atoms with E-state index in [1.54, 1.807) is 0 Å². The minimum Gasteiger partial charge on any atom is -0.343 e. The highest BCUT2D eigenvalue weighted by atomic mass is 32.2. The number of benzene rings is 1. The fourth-order valence-electron chi connectivity index (χ4n) is 1.95. The molecule has 0 bridgehead atoms. The van der Waals surface area contributed by atoms with Crippen molar-refractivity contribution in [2.45, 2.75) is 32.1 Å². The lowest BCUT2D eigenvalue weighted by atomic mass is 10.1. The van der Waals surface area contributed by atoms with Gasteiger partial charge in [-0.1, -0.05) is 38.2 Å². The molecule has 2 nitrogen and oxygen atoms in total. The summed E-state index contributed by atoms with van der Waals surface area (Å²) < 4.78 is 0.692. The molecule has 0 saturated carbocycles. The molecule has 0 amide bonds. The Morgan fingerprint density at radius 1 is 1.21 bits per heavy atom. The van der Waals surface area contributed by atoms with Crippen LogP contribution in [0.15, 0.2) is 29.2 Å².